The molecule has 0 bridgehead atoms. The molecule has 0 spiro atoms. The van der Waals surface area contributed by atoms with Crippen LogP contribution in [0, 0.1) is 28.2 Å². The van der Waals surface area contributed by atoms with E-state index in [4.69, 9.17) is 26.1 Å². The number of allylic oxidation sites excluding steroid dienone is 2. The van der Waals surface area contributed by atoms with Crippen molar-refractivity contribution >= 4 is 6.40 Å². The summed E-state index contributed by atoms with van der Waals surface area (Å²) >= 11 is 0. The minimum absolute atomic E-state index is 0.120. The van der Waals surface area contributed by atoms with Gasteiger partial charge in [0.2, 0.25) is 0 Å². The number of hydrogen-bond donors (Lipinski definition) is 2. The van der Waals surface area contributed by atoms with Gasteiger partial charge >= 0.3 is 0 Å². The molecule has 0 saturated carbocycles. The Bertz CT molecular complexity index is 830. The van der Waals surface area contributed by atoms with Gasteiger partial charge in [0.15, 0.2) is 18.7 Å². The fourth-order valence-corrected chi connectivity index (χ4v) is 2.63. The molecule has 0 radical (unpaired) electrons. The Morgan fingerprint density at radius 1 is 1.46 bits per heavy atom. The molecule has 1 aliphatic rings. The standard InChI is InChI=1S/C17H16N6O3/c18-10-9-17(22-24,13-1-5-15(6-2-13)25-11-19)14-3-7-16(8-4-14)26-12-21-23-20/h1-3,5-8,11,14,19H,4,12,18H2. The molecule has 9 nitrogen and oxygen atoms in total. The maximum atomic E-state index is 11.8. The van der Waals surface area contributed by atoms with Crippen LogP contribution in [0.15, 0.2) is 58.5 Å². The zero-order chi connectivity index (χ0) is 18.8. The Balaban J connectivity index is 2.28. The van der Waals surface area contributed by atoms with E-state index in [1.807, 2.05) is 0 Å². The minimum atomic E-state index is -1.37. The molecule has 132 valence electrons. The van der Waals surface area contributed by atoms with Crippen LogP contribution >= 0.6 is 0 Å². The highest BCUT2D eigenvalue weighted by Crippen LogP contribution is 2.39. The van der Waals surface area contributed by atoms with Crippen LogP contribution in [0.3, 0.4) is 0 Å². The van der Waals surface area contributed by atoms with Gasteiger partial charge in [-0.25, -0.2) is 0 Å². The van der Waals surface area contributed by atoms with Crippen molar-refractivity contribution in [2.75, 3.05) is 6.73 Å². The summed E-state index contributed by atoms with van der Waals surface area (Å²) in [4.78, 5) is 14.4. The molecule has 0 fully saturated rings. The molecule has 1 aromatic rings. The molecule has 0 aromatic heterocycles. The summed E-state index contributed by atoms with van der Waals surface area (Å²) in [6.45, 7) is -0.120. The van der Waals surface area contributed by atoms with E-state index in [-0.39, 0.29) is 12.6 Å². The lowest BCUT2D eigenvalue weighted by Gasteiger charge is -2.29. The molecular weight excluding hydrogens is 336 g/mol. The summed E-state index contributed by atoms with van der Waals surface area (Å²) in [5.41, 5.74) is 12.8. The number of nitrogens with one attached hydrogen (secondary N) is 1. The third kappa shape index (κ3) is 4.01. The van der Waals surface area contributed by atoms with Gasteiger partial charge in [0.1, 0.15) is 11.5 Å². The average Bonchev–Trinajstić information content (AvgIpc) is 2.68. The second-order valence-corrected chi connectivity index (χ2v) is 5.20. The largest absolute Gasteiger partial charge is 0.488 e. The maximum Gasteiger partial charge on any atom is 0.195 e. The first kappa shape index (κ1) is 18.6. The molecule has 1 aromatic carbocycles. The van der Waals surface area contributed by atoms with Crippen LogP contribution in [0.4, 0.5) is 0 Å². The van der Waals surface area contributed by atoms with E-state index in [0.717, 1.165) is 6.40 Å². The molecule has 3 N–H and O–H groups in total. The van der Waals surface area contributed by atoms with Gasteiger partial charge in [0.05, 0.1) is 0 Å². The van der Waals surface area contributed by atoms with Crippen LogP contribution in [-0.4, -0.2) is 13.1 Å². The van der Waals surface area contributed by atoms with Gasteiger partial charge in [-0.05, 0) is 52.9 Å². The van der Waals surface area contributed by atoms with Gasteiger partial charge in [-0.2, -0.15) is 0 Å². The number of ether oxygens (including phenoxy) is 2. The maximum absolute atomic E-state index is 11.8. The van der Waals surface area contributed by atoms with Gasteiger partial charge in [-0.1, -0.05) is 23.3 Å². The zero-order valence-corrected chi connectivity index (χ0v) is 13.7. The van der Waals surface area contributed by atoms with E-state index < -0.39 is 5.54 Å². The normalized spacial score (nSPS) is 17.4. The molecule has 0 saturated heterocycles. The number of benzene rings is 1. The number of rotatable bonds is 8. The molecule has 0 amide bonds. The molecule has 2 atom stereocenters. The first-order chi connectivity index (χ1) is 12.7. The van der Waals surface area contributed by atoms with Gasteiger partial charge in [0, 0.05) is 16.9 Å². The lowest BCUT2D eigenvalue weighted by molar-refractivity contribution is 0.228. The fraction of sp³-hybridized carbons (Fsp3) is 0.235. The highest BCUT2D eigenvalue weighted by Gasteiger charge is 2.40. The Morgan fingerprint density at radius 2 is 2.23 bits per heavy atom. The Morgan fingerprint density at radius 3 is 2.77 bits per heavy atom. The van der Waals surface area contributed by atoms with Crippen molar-refractivity contribution in [2.45, 2.75) is 12.0 Å². The van der Waals surface area contributed by atoms with E-state index >= 15 is 0 Å². The number of nitroso groups, excluding NO2 is 1. The van der Waals surface area contributed by atoms with E-state index in [0.29, 0.717) is 23.5 Å². The topological polar surface area (TPSA) is 147 Å². The predicted octanol–water partition coefficient (Wildman–Crippen LogP) is 3.30. The highest BCUT2D eigenvalue weighted by molar-refractivity contribution is 5.49. The molecule has 0 heterocycles. The van der Waals surface area contributed by atoms with Crippen LogP contribution in [-0.2, 0) is 10.3 Å². The van der Waals surface area contributed by atoms with Crippen LogP contribution in [0.5, 0.6) is 5.75 Å². The Hall–Kier alpha value is -3.76. The molecule has 26 heavy (non-hydrogen) atoms. The quantitative estimate of drug-likeness (QED) is 0.108. The van der Waals surface area contributed by atoms with Gasteiger partial charge in [0.25, 0.3) is 0 Å². The van der Waals surface area contributed by atoms with E-state index in [1.165, 1.54) is 0 Å². The predicted molar refractivity (Wildman–Crippen MR) is 95.7 cm³/mol. The number of azide groups is 1. The lowest BCUT2D eigenvalue weighted by atomic mass is 9.76. The van der Waals surface area contributed by atoms with Crippen molar-refractivity contribution in [1.82, 2.24) is 0 Å². The van der Waals surface area contributed by atoms with E-state index in [1.54, 1.807) is 42.5 Å². The third-order valence-electron chi connectivity index (χ3n) is 3.85. The van der Waals surface area contributed by atoms with Crippen molar-refractivity contribution < 1.29 is 9.47 Å². The summed E-state index contributed by atoms with van der Waals surface area (Å²) in [5.74, 6) is 3.35. The lowest BCUT2D eigenvalue weighted by Crippen LogP contribution is -2.31. The first-order valence-corrected chi connectivity index (χ1v) is 7.55. The van der Waals surface area contributed by atoms with Gasteiger partial charge in [-0.15, -0.1) is 4.91 Å². The Kier molecular flexibility index (Phi) is 6.37. The van der Waals surface area contributed by atoms with Crippen LogP contribution in [0.1, 0.15) is 12.0 Å². The summed E-state index contributed by atoms with van der Waals surface area (Å²) in [5, 5.41) is 13.6. The first-order valence-electron chi connectivity index (χ1n) is 7.55. The average molecular weight is 352 g/mol. The monoisotopic (exact) mass is 352 g/mol. The highest BCUT2D eigenvalue weighted by atomic mass is 16.5. The second kappa shape index (κ2) is 8.92. The minimum Gasteiger partial charge on any atom is -0.488 e. The van der Waals surface area contributed by atoms with Crippen molar-refractivity contribution in [2.24, 2.45) is 21.9 Å². The van der Waals surface area contributed by atoms with E-state index in [2.05, 4.69) is 27.2 Å². The summed E-state index contributed by atoms with van der Waals surface area (Å²) < 4.78 is 10.2. The smallest absolute Gasteiger partial charge is 0.195 e. The molecule has 1 aliphatic carbocycles. The van der Waals surface area contributed by atoms with Crippen molar-refractivity contribution in [3.8, 4) is 17.7 Å². The molecule has 0 aliphatic heterocycles. The fourth-order valence-electron chi connectivity index (χ4n) is 2.63. The second-order valence-electron chi connectivity index (χ2n) is 5.20. The van der Waals surface area contributed by atoms with Gasteiger partial charge < -0.3 is 15.2 Å². The van der Waals surface area contributed by atoms with Crippen LogP contribution in [0.2, 0.25) is 0 Å². The number of nitrogens with two attached hydrogens (primary N) is 1. The summed E-state index contributed by atoms with van der Waals surface area (Å²) in [7, 11) is 0. The molecule has 2 rings (SSSR count). The summed E-state index contributed by atoms with van der Waals surface area (Å²) in [6.07, 6.45) is 6.45. The van der Waals surface area contributed by atoms with Crippen molar-refractivity contribution in [3.63, 3.8) is 0 Å². The van der Waals surface area contributed by atoms with Crippen molar-refractivity contribution in [3.05, 3.63) is 69.2 Å². The SMILES string of the molecule is [N-]=[N+]=NCOC1=CCC(C(C#CN)(N=O)c2ccc(OC=N)cc2)C=C1. The Labute approximate surface area is 149 Å². The van der Waals surface area contributed by atoms with Crippen molar-refractivity contribution in [1.29, 1.82) is 5.41 Å². The molecule has 9 heteroatoms. The molecular formula is C17H16N6O3. The number of hydrogen-bond acceptors (Lipinski definition) is 7. The zero-order valence-electron chi connectivity index (χ0n) is 13.7. The van der Waals surface area contributed by atoms with Crippen LogP contribution < -0.4 is 10.5 Å². The van der Waals surface area contributed by atoms with E-state index in [9.17, 15) is 4.91 Å². The number of nitrogens with zero attached hydrogens (tertiary/aromatic N) is 4. The van der Waals surface area contributed by atoms with Crippen LogP contribution in [0.25, 0.3) is 10.4 Å². The molecule has 2 unspecified atom stereocenters. The third-order valence-corrected chi connectivity index (χ3v) is 3.85. The summed E-state index contributed by atoms with van der Waals surface area (Å²) in [6, 6.07) is 8.86. The van der Waals surface area contributed by atoms with Gasteiger partial charge in [-0.3, -0.25) is 5.41 Å².